The molecular formula is C13H18ClN3O4. The first-order chi connectivity index (χ1) is 9.91. The third-order valence-electron chi connectivity index (χ3n) is 2.65. The van der Waals surface area contributed by atoms with E-state index in [2.05, 4.69) is 24.1 Å². The van der Waals surface area contributed by atoms with Crippen molar-refractivity contribution in [1.82, 2.24) is 10.3 Å². The van der Waals surface area contributed by atoms with Gasteiger partial charge in [0.1, 0.15) is 11.3 Å². The van der Waals surface area contributed by atoms with Crippen molar-refractivity contribution in [3.05, 3.63) is 33.1 Å². The Morgan fingerprint density at radius 2 is 2.24 bits per heavy atom. The molecule has 0 aliphatic rings. The van der Waals surface area contributed by atoms with E-state index >= 15 is 0 Å². The molecule has 1 amide bonds. The number of rotatable bonds is 8. The van der Waals surface area contributed by atoms with E-state index in [-0.39, 0.29) is 16.4 Å². The van der Waals surface area contributed by atoms with Crippen LogP contribution in [-0.4, -0.2) is 35.6 Å². The molecule has 21 heavy (non-hydrogen) atoms. The molecule has 8 heteroatoms. The number of amides is 1. The molecule has 0 unspecified atom stereocenters. The lowest BCUT2D eigenvalue weighted by Crippen LogP contribution is -2.28. The normalized spacial score (nSPS) is 10.7. The zero-order valence-corrected chi connectivity index (χ0v) is 12.7. The molecule has 0 bridgehead atoms. The Labute approximate surface area is 127 Å². The summed E-state index contributed by atoms with van der Waals surface area (Å²) in [7, 11) is 0. The summed E-state index contributed by atoms with van der Waals surface area (Å²) in [6.07, 6.45) is 1.96. The minimum atomic E-state index is -0.630. The molecule has 1 rings (SSSR count). The monoisotopic (exact) mass is 315 g/mol. The van der Waals surface area contributed by atoms with Crippen molar-refractivity contribution >= 4 is 23.2 Å². The number of hydrogen-bond acceptors (Lipinski definition) is 5. The summed E-state index contributed by atoms with van der Waals surface area (Å²) in [5.41, 5.74) is -0.300. The molecule has 0 spiro atoms. The molecular weight excluding hydrogens is 298 g/mol. The third kappa shape index (κ3) is 6.05. The van der Waals surface area contributed by atoms with E-state index in [1.54, 1.807) is 0 Å². The molecule has 1 aromatic rings. The van der Waals surface area contributed by atoms with Crippen molar-refractivity contribution in [2.45, 2.75) is 20.3 Å². The highest BCUT2D eigenvalue weighted by Gasteiger charge is 2.16. The molecule has 0 atom stereocenters. The average Bonchev–Trinajstić information content (AvgIpc) is 2.42. The molecule has 0 aromatic carbocycles. The molecule has 1 aromatic heterocycles. The van der Waals surface area contributed by atoms with E-state index in [1.807, 2.05) is 0 Å². The second-order valence-electron chi connectivity index (χ2n) is 4.84. The van der Waals surface area contributed by atoms with Crippen LogP contribution in [0.1, 0.15) is 30.6 Å². The summed E-state index contributed by atoms with van der Waals surface area (Å²) < 4.78 is 5.35. The number of nitrogens with zero attached hydrogens (tertiary/aromatic N) is 2. The van der Waals surface area contributed by atoms with Crippen LogP contribution in [0.25, 0.3) is 0 Å². The van der Waals surface area contributed by atoms with Gasteiger partial charge in [-0.05, 0) is 12.3 Å². The van der Waals surface area contributed by atoms with Crippen LogP contribution < -0.4 is 5.32 Å². The molecule has 0 fully saturated rings. The molecule has 0 aliphatic heterocycles. The van der Waals surface area contributed by atoms with Crippen LogP contribution in [-0.2, 0) is 4.74 Å². The van der Waals surface area contributed by atoms with Gasteiger partial charge in [0.05, 0.1) is 17.1 Å². The predicted molar refractivity (Wildman–Crippen MR) is 78.5 cm³/mol. The van der Waals surface area contributed by atoms with Gasteiger partial charge < -0.3 is 10.1 Å². The standard InChI is InChI=1S/C13H18ClN3O4/c1-9(2)3-5-21-6-4-15-13(18)11-7-10(17(19)20)8-16-12(11)14/h7-9H,3-6H2,1-2H3,(H,15,18). The molecule has 116 valence electrons. The lowest BCUT2D eigenvalue weighted by Gasteiger charge is -2.08. The van der Waals surface area contributed by atoms with Gasteiger partial charge in [-0.15, -0.1) is 0 Å². The van der Waals surface area contributed by atoms with Crippen LogP contribution in [0.2, 0.25) is 5.15 Å². The zero-order valence-electron chi connectivity index (χ0n) is 12.0. The molecule has 0 aliphatic carbocycles. The average molecular weight is 316 g/mol. The van der Waals surface area contributed by atoms with E-state index in [1.165, 1.54) is 0 Å². The molecule has 0 saturated heterocycles. The van der Waals surface area contributed by atoms with Gasteiger partial charge in [-0.2, -0.15) is 0 Å². The van der Waals surface area contributed by atoms with E-state index in [0.717, 1.165) is 18.7 Å². The SMILES string of the molecule is CC(C)CCOCCNC(=O)c1cc([N+](=O)[O-])cnc1Cl. The van der Waals surface area contributed by atoms with Crippen molar-refractivity contribution in [2.75, 3.05) is 19.8 Å². The van der Waals surface area contributed by atoms with Crippen LogP contribution in [0, 0.1) is 16.0 Å². The highest BCUT2D eigenvalue weighted by Crippen LogP contribution is 2.18. The zero-order chi connectivity index (χ0) is 15.8. The van der Waals surface area contributed by atoms with Gasteiger partial charge in [0.25, 0.3) is 11.6 Å². The van der Waals surface area contributed by atoms with Crippen LogP contribution in [0.3, 0.4) is 0 Å². The van der Waals surface area contributed by atoms with Gasteiger partial charge in [-0.3, -0.25) is 14.9 Å². The number of aromatic nitrogens is 1. The maximum atomic E-state index is 11.9. The smallest absolute Gasteiger partial charge is 0.288 e. The summed E-state index contributed by atoms with van der Waals surface area (Å²) in [6.45, 7) is 5.51. The lowest BCUT2D eigenvalue weighted by atomic mass is 10.1. The summed E-state index contributed by atoms with van der Waals surface area (Å²) >= 11 is 5.77. The minimum Gasteiger partial charge on any atom is -0.380 e. The van der Waals surface area contributed by atoms with E-state index in [0.29, 0.717) is 25.7 Å². The summed E-state index contributed by atoms with van der Waals surface area (Å²) in [4.78, 5) is 25.5. The first kappa shape index (κ1) is 17.3. The number of carbonyl (C=O) groups excluding carboxylic acids is 1. The van der Waals surface area contributed by atoms with Gasteiger partial charge >= 0.3 is 0 Å². The Bertz CT molecular complexity index is 508. The predicted octanol–water partition coefficient (Wildman–Crippen LogP) is 2.44. The molecule has 0 saturated carbocycles. The Hall–Kier alpha value is -1.73. The number of pyridine rings is 1. The van der Waals surface area contributed by atoms with Crippen molar-refractivity contribution in [3.63, 3.8) is 0 Å². The lowest BCUT2D eigenvalue weighted by molar-refractivity contribution is -0.385. The van der Waals surface area contributed by atoms with Gasteiger partial charge in [-0.1, -0.05) is 25.4 Å². The van der Waals surface area contributed by atoms with Gasteiger partial charge in [-0.25, -0.2) is 4.98 Å². The van der Waals surface area contributed by atoms with Crippen LogP contribution in [0.5, 0.6) is 0 Å². The molecule has 0 radical (unpaired) electrons. The Kier molecular flexibility index (Phi) is 7.04. The summed E-state index contributed by atoms with van der Waals surface area (Å²) in [5, 5.41) is 13.2. The van der Waals surface area contributed by atoms with Crippen molar-refractivity contribution in [2.24, 2.45) is 5.92 Å². The Morgan fingerprint density at radius 3 is 2.86 bits per heavy atom. The van der Waals surface area contributed by atoms with E-state index in [9.17, 15) is 14.9 Å². The Balaban J connectivity index is 2.45. The van der Waals surface area contributed by atoms with E-state index < -0.39 is 10.8 Å². The third-order valence-corrected chi connectivity index (χ3v) is 2.95. The van der Waals surface area contributed by atoms with Crippen LogP contribution in [0.15, 0.2) is 12.3 Å². The molecule has 1 heterocycles. The van der Waals surface area contributed by atoms with Crippen molar-refractivity contribution in [1.29, 1.82) is 0 Å². The molecule has 1 N–H and O–H groups in total. The topological polar surface area (TPSA) is 94.4 Å². The van der Waals surface area contributed by atoms with E-state index in [4.69, 9.17) is 16.3 Å². The first-order valence-corrected chi connectivity index (χ1v) is 6.95. The molecule has 7 nitrogen and oxygen atoms in total. The number of nitro groups is 1. The maximum absolute atomic E-state index is 11.9. The first-order valence-electron chi connectivity index (χ1n) is 6.57. The summed E-state index contributed by atoms with van der Waals surface area (Å²) in [6, 6.07) is 1.10. The maximum Gasteiger partial charge on any atom is 0.288 e. The number of halogens is 1. The number of hydrogen-bond donors (Lipinski definition) is 1. The van der Waals surface area contributed by atoms with Crippen molar-refractivity contribution < 1.29 is 14.5 Å². The quantitative estimate of drug-likeness (QED) is 0.344. The van der Waals surface area contributed by atoms with Crippen molar-refractivity contribution in [3.8, 4) is 0 Å². The number of ether oxygens (including phenoxy) is 1. The number of nitrogens with one attached hydrogen (secondary N) is 1. The Morgan fingerprint density at radius 1 is 1.52 bits per heavy atom. The second-order valence-corrected chi connectivity index (χ2v) is 5.20. The van der Waals surface area contributed by atoms with Crippen LogP contribution in [0.4, 0.5) is 5.69 Å². The minimum absolute atomic E-state index is 0.0203. The second kappa shape index (κ2) is 8.53. The van der Waals surface area contributed by atoms with Gasteiger partial charge in [0, 0.05) is 19.2 Å². The van der Waals surface area contributed by atoms with Gasteiger partial charge in [0.15, 0.2) is 0 Å². The summed E-state index contributed by atoms with van der Waals surface area (Å²) in [5.74, 6) is 0.0537. The fourth-order valence-electron chi connectivity index (χ4n) is 1.45. The number of carbonyl (C=O) groups is 1. The fourth-order valence-corrected chi connectivity index (χ4v) is 1.64. The van der Waals surface area contributed by atoms with Gasteiger partial charge in [0.2, 0.25) is 0 Å². The fraction of sp³-hybridized carbons (Fsp3) is 0.538. The van der Waals surface area contributed by atoms with Crippen LogP contribution >= 0.6 is 11.6 Å². The largest absolute Gasteiger partial charge is 0.380 e. The highest BCUT2D eigenvalue weighted by atomic mass is 35.5. The highest BCUT2D eigenvalue weighted by molar-refractivity contribution is 6.32.